The first-order valence-corrected chi connectivity index (χ1v) is 10.1. The van der Waals surface area contributed by atoms with Crippen LogP contribution in [-0.4, -0.2) is 88.4 Å². The first kappa shape index (κ1) is 20.0. The highest BCUT2D eigenvalue weighted by Crippen LogP contribution is 2.25. The van der Waals surface area contributed by atoms with E-state index >= 15 is 0 Å². The second kappa shape index (κ2) is 8.93. The van der Waals surface area contributed by atoms with Crippen molar-refractivity contribution in [1.29, 1.82) is 0 Å². The van der Waals surface area contributed by atoms with Crippen LogP contribution in [0.25, 0.3) is 0 Å². The molecule has 2 heterocycles. The Morgan fingerprint density at radius 3 is 2.48 bits per heavy atom. The van der Waals surface area contributed by atoms with Crippen molar-refractivity contribution in [3.63, 3.8) is 0 Å². The van der Waals surface area contributed by atoms with Crippen LogP contribution in [0.4, 0.5) is 5.69 Å². The number of guanidine groups is 1. The number of aryl methyl sites for hydroxylation is 1. The molecular formula is C21H35N5O. The van der Waals surface area contributed by atoms with Gasteiger partial charge in [-0.15, -0.1) is 0 Å². The lowest BCUT2D eigenvalue weighted by Crippen LogP contribution is -2.59. The summed E-state index contributed by atoms with van der Waals surface area (Å²) < 4.78 is 5.59. The van der Waals surface area contributed by atoms with Crippen molar-refractivity contribution in [1.82, 2.24) is 15.1 Å². The van der Waals surface area contributed by atoms with E-state index in [9.17, 15) is 0 Å². The molecule has 2 fully saturated rings. The molecule has 6 heteroatoms. The molecule has 1 aromatic carbocycles. The zero-order chi connectivity index (χ0) is 19.3. The lowest BCUT2D eigenvalue weighted by Gasteiger charge is -2.44. The van der Waals surface area contributed by atoms with Crippen LogP contribution >= 0.6 is 0 Å². The van der Waals surface area contributed by atoms with Gasteiger partial charge >= 0.3 is 0 Å². The first-order chi connectivity index (χ1) is 13.0. The van der Waals surface area contributed by atoms with Crippen LogP contribution in [0.5, 0.6) is 0 Å². The summed E-state index contributed by atoms with van der Waals surface area (Å²) >= 11 is 0. The SMILES string of the molecule is CN=C(NCC1(N(C)C)CCOCC1)N1CCN(c2cccc(C)c2)CC1. The molecule has 0 bridgehead atoms. The summed E-state index contributed by atoms with van der Waals surface area (Å²) in [4.78, 5) is 11.8. The molecule has 0 aromatic heterocycles. The van der Waals surface area contributed by atoms with Crippen molar-refractivity contribution in [2.45, 2.75) is 25.3 Å². The summed E-state index contributed by atoms with van der Waals surface area (Å²) in [6.07, 6.45) is 2.12. The molecule has 0 saturated carbocycles. The van der Waals surface area contributed by atoms with E-state index in [1.54, 1.807) is 0 Å². The highest BCUT2D eigenvalue weighted by molar-refractivity contribution is 5.80. The molecule has 0 spiro atoms. The Morgan fingerprint density at radius 1 is 1.19 bits per heavy atom. The minimum atomic E-state index is 0.150. The molecule has 2 aliphatic heterocycles. The smallest absolute Gasteiger partial charge is 0.193 e. The van der Waals surface area contributed by atoms with Crippen LogP contribution in [0.1, 0.15) is 18.4 Å². The van der Waals surface area contributed by atoms with E-state index in [0.29, 0.717) is 0 Å². The number of likely N-dealkylation sites (N-methyl/N-ethyl adjacent to an activating group) is 1. The zero-order valence-corrected chi connectivity index (χ0v) is 17.4. The number of aliphatic imine (C=N–C) groups is 1. The second-order valence-electron chi connectivity index (χ2n) is 7.95. The largest absolute Gasteiger partial charge is 0.381 e. The van der Waals surface area contributed by atoms with E-state index in [4.69, 9.17) is 4.74 Å². The number of hydrogen-bond donors (Lipinski definition) is 1. The highest BCUT2D eigenvalue weighted by atomic mass is 16.5. The zero-order valence-electron chi connectivity index (χ0n) is 17.4. The summed E-state index contributed by atoms with van der Waals surface area (Å²) in [6.45, 7) is 8.78. The maximum Gasteiger partial charge on any atom is 0.193 e. The van der Waals surface area contributed by atoms with Gasteiger partial charge in [0.05, 0.1) is 0 Å². The minimum Gasteiger partial charge on any atom is -0.381 e. The first-order valence-electron chi connectivity index (χ1n) is 10.1. The van der Waals surface area contributed by atoms with Gasteiger partial charge in [0.1, 0.15) is 0 Å². The predicted octanol–water partition coefficient (Wildman–Crippen LogP) is 1.80. The number of benzene rings is 1. The van der Waals surface area contributed by atoms with Crippen molar-refractivity contribution in [2.24, 2.45) is 4.99 Å². The monoisotopic (exact) mass is 373 g/mol. The van der Waals surface area contributed by atoms with E-state index in [-0.39, 0.29) is 5.54 Å². The van der Waals surface area contributed by atoms with E-state index in [2.05, 4.69) is 70.3 Å². The molecule has 27 heavy (non-hydrogen) atoms. The predicted molar refractivity (Wildman–Crippen MR) is 113 cm³/mol. The number of hydrogen-bond acceptors (Lipinski definition) is 4. The molecule has 0 radical (unpaired) electrons. The van der Waals surface area contributed by atoms with Crippen molar-refractivity contribution in [2.75, 3.05) is 72.0 Å². The van der Waals surface area contributed by atoms with Crippen LogP contribution in [0.15, 0.2) is 29.3 Å². The fourth-order valence-electron chi connectivity index (χ4n) is 4.11. The number of piperazine rings is 1. The molecule has 2 aliphatic rings. The second-order valence-corrected chi connectivity index (χ2v) is 7.95. The quantitative estimate of drug-likeness (QED) is 0.644. The van der Waals surface area contributed by atoms with E-state index in [1.165, 1.54) is 11.3 Å². The Balaban J connectivity index is 1.56. The third-order valence-corrected chi connectivity index (χ3v) is 6.11. The Bertz CT molecular complexity index is 631. The summed E-state index contributed by atoms with van der Waals surface area (Å²) in [6, 6.07) is 8.78. The molecule has 1 aromatic rings. The van der Waals surface area contributed by atoms with Crippen molar-refractivity contribution < 1.29 is 4.74 Å². The minimum absolute atomic E-state index is 0.150. The van der Waals surface area contributed by atoms with Gasteiger partial charge < -0.3 is 24.8 Å². The number of rotatable bonds is 4. The summed E-state index contributed by atoms with van der Waals surface area (Å²) in [5.41, 5.74) is 2.79. The van der Waals surface area contributed by atoms with Gasteiger partial charge in [0.15, 0.2) is 5.96 Å². The number of nitrogens with zero attached hydrogens (tertiary/aromatic N) is 4. The third kappa shape index (κ3) is 4.74. The number of anilines is 1. The molecular weight excluding hydrogens is 338 g/mol. The summed E-state index contributed by atoms with van der Waals surface area (Å²) in [5.74, 6) is 1.02. The van der Waals surface area contributed by atoms with E-state index in [0.717, 1.165) is 64.7 Å². The average Bonchev–Trinajstić information content (AvgIpc) is 2.69. The van der Waals surface area contributed by atoms with Gasteiger partial charge in [0.25, 0.3) is 0 Å². The molecule has 6 nitrogen and oxygen atoms in total. The van der Waals surface area contributed by atoms with Gasteiger partial charge in [-0.1, -0.05) is 12.1 Å². The fourth-order valence-corrected chi connectivity index (χ4v) is 4.11. The standard InChI is InChI=1S/C21H35N5O/c1-18-6-5-7-19(16-18)25-10-12-26(13-11-25)20(22-2)23-17-21(24(3)4)8-14-27-15-9-21/h5-7,16H,8-15,17H2,1-4H3,(H,22,23). The van der Waals surface area contributed by atoms with Gasteiger partial charge in [0, 0.05) is 64.2 Å². The van der Waals surface area contributed by atoms with Crippen LogP contribution in [0.3, 0.4) is 0 Å². The van der Waals surface area contributed by atoms with Crippen LogP contribution in [0, 0.1) is 6.92 Å². The number of ether oxygens (including phenoxy) is 1. The molecule has 0 aliphatic carbocycles. The lowest BCUT2D eigenvalue weighted by atomic mass is 9.88. The number of nitrogens with one attached hydrogen (secondary N) is 1. The van der Waals surface area contributed by atoms with E-state index < -0.39 is 0 Å². The normalized spacial score (nSPS) is 20.9. The maximum atomic E-state index is 5.59. The molecule has 2 saturated heterocycles. The van der Waals surface area contributed by atoms with Gasteiger partial charge in [-0.3, -0.25) is 4.99 Å². The Hall–Kier alpha value is -1.79. The van der Waals surface area contributed by atoms with Crippen LogP contribution < -0.4 is 10.2 Å². The van der Waals surface area contributed by atoms with E-state index in [1.807, 2.05) is 7.05 Å². The average molecular weight is 374 g/mol. The Morgan fingerprint density at radius 2 is 1.89 bits per heavy atom. The Labute approximate surface area is 164 Å². The van der Waals surface area contributed by atoms with Crippen LogP contribution in [-0.2, 0) is 4.74 Å². The van der Waals surface area contributed by atoms with Crippen molar-refractivity contribution >= 4 is 11.6 Å². The molecule has 1 N–H and O–H groups in total. The third-order valence-electron chi connectivity index (χ3n) is 6.11. The molecule has 0 atom stereocenters. The van der Waals surface area contributed by atoms with Crippen molar-refractivity contribution in [3.8, 4) is 0 Å². The lowest BCUT2D eigenvalue weighted by molar-refractivity contribution is -0.00526. The topological polar surface area (TPSA) is 43.3 Å². The van der Waals surface area contributed by atoms with Gasteiger partial charge in [-0.05, 0) is 51.6 Å². The Kier molecular flexibility index (Phi) is 6.60. The van der Waals surface area contributed by atoms with Crippen molar-refractivity contribution in [3.05, 3.63) is 29.8 Å². The molecule has 3 rings (SSSR count). The van der Waals surface area contributed by atoms with Crippen LogP contribution in [0.2, 0.25) is 0 Å². The molecule has 0 unspecified atom stereocenters. The van der Waals surface area contributed by atoms with Gasteiger partial charge in [-0.2, -0.15) is 0 Å². The maximum absolute atomic E-state index is 5.59. The summed E-state index contributed by atoms with van der Waals surface area (Å²) in [5, 5.41) is 3.65. The van der Waals surface area contributed by atoms with Gasteiger partial charge in [0.2, 0.25) is 0 Å². The summed E-state index contributed by atoms with van der Waals surface area (Å²) in [7, 11) is 6.24. The highest BCUT2D eigenvalue weighted by Gasteiger charge is 2.35. The van der Waals surface area contributed by atoms with Gasteiger partial charge in [-0.25, -0.2) is 0 Å². The fraction of sp³-hybridized carbons (Fsp3) is 0.667. The molecule has 0 amide bonds. The molecule has 150 valence electrons.